The van der Waals surface area contributed by atoms with Crippen LogP contribution in [0.25, 0.3) is 6.08 Å². The molecular weight excluding hydrogens is 204 g/mol. The van der Waals surface area contributed by atoms with E-state index in [-0.39, 0.29) is 5.75 Å². The second-order valence-corrected chi connectivity index (χ2v) is 3.57. The van der Waals surface area contributed by atoms with Crippen molar-refractivity contribution in [3.05, 3.63) is 35.9 Å². The summed E-state index contributed by atoms with van der Waals surface area (Å²) in [6, 6.07) is 6.50. The van der Waals surface area contributed by atoms with Crippen LogP contribution in [0, 0.1) is 0 Å². The SMILES string of the molecule is CC=Cc1ccccc1OS(=O)(=O)O. The van der Waals surface area contributed by atoms with Crippen LogP contribution < -0.4 is 4.18 Å². The lowest BCUT2D eigenvalue weighted by molar-refractivity contribution is 0.386. The second kappa shape index (κ2) is 4.26. The molecular formula is C9H10O4S. The van der Waals surface area contributed by atoms with Gasteiger partial charge in [-0.3, -0.25) is 4.55 Å². The fourth-order valence-corrected chi connectivity index (χ4v) is 1.37. The van der Waals surface area contributed by atoms with Gasteiger partial charge in [0.15, 0.2) is 5.75 Å². The summed E-state index contributed by atoms with van der Waals surface area (Å²) >= 11 is 0. The lowest BCUT2D eigenvalue weighted by Crippen LogP contribution is -2.07. The van der Waals surface area contributed by atoms with Gasteiger partial charge in [0.05, 0.1) is 0 Å². The van der Waals surface area contributed by atoms with E-state index in [4.69, 9.17) is 4.55 Å². The maximum absolute atomic E-state index is 10.5. The first kappa shape index (κ1) is 10.7. The molecule has 0 atom stereocenters. The smallest absolute Gasteiger partial charge is 0.361 e. The van der Waals surface area contributed by atoms with Crippen LogP contribution in [0.1, 0.15) is 12.5 Å². The molecule has 0 heterocycles. The predicted octanol–water partition coefficient (Wildman–Crippen LogP) is 1.90. The van der Waals surface area contributed by atoms with Crippen LogP contribution in [-0.4, -0.2) is 13.0 Å². The van der Waals surface area contributed by atoms with Gasteiger partial charge in [-0.05, 0) is 13.0 Å². The highest BCUT2D eigenvalue weighted by Crippen LogP contribution is 2.20. The summed E-state index contributed by atoms with van der Waals surface area (Å²) in [5, 5.41) is 0. The summed E-state index contributed by atoms with van der Waals surface area (Å²) in [7, 11) is -4.45. The van der Waals surface area contributed by atoms with Crippen molar-refractivity contribution in [3.8, 4) is 5.75 Å². The van der Waals surface area contributed by atoms with Crippen LogP contribution in [0.3, 0.4) is 0 Å². The molecule has 76 valence electrons. The zero-order chi connectivity index (χ0) is 10.6. The van der Waals surface area contributed by atoms with Gasteiger partial charge in [-0.25, -0.2) is 0 Å². The molecule has 0 aliphatic rings. The molecule has 1 N–H and O–H groups in total. The molecule has 14 heavy (non-hydrogen) atoms. The van der Waals surface area contributed by atoms with Crippen molar-refractivity contribution < 1.29 is 17.2 Å². The Hall–Kier alpha value is -1.33. The molecule has 0 fully saturated rings. The van der Waals surface area contributed by atoms with Crippen LogP contribution in [0.2, 0.25) is 0 Å². The minimum absolute atomic E-state index is 0.105. The molecule has 1 aromatic rings. The number of hydrogen-bond acceptors (Lipinski definition) is 3. The monoisotopic (exact) mass is 214 g/mol. The first-order valence-electron chi connectivity index (χ1n) is 3.91. The summed E-state index contributed by atoms with van der Waals surface area (Å²) in [6.45, 7) is 1.80. The highest BCUT2D eigenvalue weighted by molar-refractivity contribution is 7.81. The van der Waals surface area contributed by atoms with E-state index < -0.39 is 10.4 Å². The molecule has 0 radical (unpaired) electrons. The Bertz CT molecular complexity index is 434. The van der Waals surface area contributed by atoms with Crippen molar-refractivity contribution in [1.82, 2.24) is 0 Å². The Morgan fingerprint density at radius 2 is 2.00 bits per heavy atom. The Morgan fingerprint density at radius 3 is 2.57 bits per heavy atom. The van der Waals surface area contributed by atoms with Gasteiger partial charge < -0.3 is 4.18 Å². The first-order valence-corrected chi connectivity index (χ1v) is 5.28. The minimum Gasteiger partial charge on any atom is -0.361 e. The van der Waals surface area contributed by atoms with Gasteiger partial charge in [0.1, 0.15) is 0 Å². The third-order valence-electron chi connectivity index (χ3n) is 1.46. The van der Waals surface area contributed by atoms with E-state index in [1.54, 1.807) is 37.3 Å². The van der Waals surface area contributed by atoms with Crippen molar-refractivity contribution in [2.45, 2.75) is 6.92 Å². The van der Waals surface area contributed by atoms with E-state index >= 15 is 0 Å². The van der Waals surface area contributed by atoms with Gasteiger partial charge in [-0.1, -0.05) is 30.4 Å². The largest absolute Gasteiger partial charge is 0.446 e. The van der Waals surface area contributed by atoms with Crippen LogP contribution in [0.4, 0.5) is 0 Å². The molecule has 1 aromatic carbocycles. The highest BCUT2D eigenvalue weighted by Gasteiger charge is 2.08. The topological polar surface area (TPSA) is 63.6 Å². The summed E-state index contributed by atoms with van der Waals surface area (Å²) < 4.78 is 33.8. The van der Waals surface area contributed by atoms with E-state index in [1.807, 2.05) is 0 Å². The quantitative estimate of drug-likeness (QED) is 0.780. The Balaban J connectivity index is 3.08. The van der Waals surface area contributed by atoms with Gasteiger partial charge in [-0.2, -0.15) is 8.42 Å². The number of rotatable bonds is 3. The number of para-hydroxylation sites is 1. The summed E-state index contributed by atoms with van der Waals surface area (Å²) in [4.78, 5) is 0. The molecule has 0 spiro atoms. The lowest BCUT2D eigenvalue weighted by Gasteiger charge is -2.04. The molecule has 0 aliphatic carbocycles. The standard InChI is InChI=1S/C9H10O4S/c1-2-5-8-6-3-4-7-9(8)13-14(10,11)12/h2-7H,1H3,(H,10,11,12). The van der Waals surface area contributed by atoms with Crippen LogP contribution in [0.15, 0.2) is 30.3 Å². The number of allylic oxidation sites excluding steroid dienone is 1. The Labute approximate surface area is 82.8 Å². The summed E-state index contributed by atoms with van der Waals surface area (Å²) in [5.74, 6) is 0.105. The second-order valence-electron chi connectivity index (χ2n) is 2.55. The highest BCUT2D eigenvalue weighted by atomic mass is 32.3. The van der Waals surface area contributed by atoms with Crippen molar-refractivity contribution in [2.24, 2.45) is 0 Å². The Morgan fingerprint density at radius 1 is 1.36 bits per heavy atom. The van der Waals surface area contributed by atoms with E-state index in [2.05, 4.69) is 4.18 Å². The van der Waals surface area contributed by atoms with E-state index in [9.17, 15) is 8.42 Å². The lowest BCUT2D eigenvalue weighted by atomic mass is 10.2. The first-order chi connectivity index (χ1) is 6.53. The normalized spacial score (nSPS) is 11.9. The zero-order valence-electron chi connectivity index (χ0n) is 7.54. The maximum Gasteiger partial charge on any atom is 0.446 e. The van der Waals surface area contributed by atoms with Gasteiger partial charge in [0, 0.05) is 5.56 Å². The molecule has 0 bridgehead atoms. The Kier molecular flexibility index (Phi) is 3.27. The molecule has 0 aromatic heterocycles. The summed E-state index contributed by atoms with van der Waals surface area (Å²) in [6.07, 6.45) is 3.42. The molecule has 0 saturated heterocycles. The zero-order valence-corrected chi connectivity index (χ0v) is 8.36. The third-order valence-corrected chi connectivity index (χ3v) is 1.85. The van der Waals surface area contributed by atoms with Crippen LogP contribution in [0.5, 0.6) is 5.75 Å². The van der Waals surface area contributed by atoms with Crippen LogP contribution in [-0.2, 0) is 10.4 Å². The van der Waals surface area contributed by atoms with E-state index in [0.29, 0.717) is 5.56 Å². The van der Waals surface area contributed by atoms with Crippen molar-refractivity contribution in [3.63, 3.8) is 0 Å². The van der Waals surface area contributed by atoms with Gasteiger partial charge >= 0.3 is 10.4 Å². The average Bonchev–Trinajstić information content (AvgIpc) is 2.06. The molecule has 1 rings (SSSR count). The molecule has 0 unspecified atom stereocenters. The molecule has 5 heteroatoms. The predicted molar refractivity (Wildman–Crippen MR) is 53.3 cm³/mol. The molecule has 4 nitrogen and oxygen atoms in total. The van der Waals surface area contributed by atoms with Gasteiger partial charge in [0.25, 0.3) is 0 Å². The molecule has 0 amide bonds. The van der Waals surface area contributed by atoms with E-state index in [1.165, 1.54) is 6.07 Å². The van der Waals surface area contributed by atoms with E-state index in [0.717, 1.165) is 0 Å². The third kappa shape index (κ3) is 3.20. The van der Waals surface area contributed by atoms with Crippen molar-refractivity contribution in [2.75, 3.05) is 0 Å². The fraction of sp³-hybridized carbons (Fsp3) is 0.111. The van der Waals surface area contributed by atoms with Gasteiger partial charge in [-0.15, -0.1) is 0 Å². The van der Waals surface area contributed by atoms with Crippen molar-refractivity contribution in [1.29, 1.82) is 0 Å². The number of hydrogen-bond donors (Lipinski definition) is 1. The summed E-state index contributed by atoms with van der Waals surface area (Å²) in [5.41, 5.74) is 0.590. The average molecular weight is 214 g/mol. The van der Waals surface area contributed by atoms with Crippen molar-refractivity contribution >= 4 is 16.5 Å². The van der Waals surface area contributed by atoms with Crippen LogP contribution >= 0.6 is 0 Å². The molecule has 0 aliphatic heterocycles. The minimum atomic E-state index is -4.45. The molecule has 0 saturated carbocycles. The van der Waals surface area contributed by atoms with Gasteiger partial charge in [0.2, 0.25) is 0 Å². The number of benzene rings is 1. The fourth-order valence-electron chi connectivity index (χ4n) is 0.987. The maximum atomic E-state index is 10.5.